The van der Waals surface area contributed by atoms with Crippen molar-refractivity contribution in [2.75, 3.05) is 37.4 Å². The summed E-state index contributed by atoms with van der Waals surface area (Å²) < 4.78 is 33.6. The molecule has 10 nitrogen and oxygen atoms in total. The zero-order valence-electron chi connectivity index (χ0n) is 16.9. The zero-order chi connectivity index (χ0) is 21.5. The van der Waals surface area contributed by atoms with Gasteiger partial charge >= 0.3 is 0 Å². The van der Waals surface area contributed by atoms with E-state index >= 15 is 0 Å². The van der Waals surface area contributed by atoms with Gasteiger partial charge < -0.3 is 25.4 Å². The van der Waals surface area contributed by atoms with Crippen LogP contribution in [-0.2, 0) is 14.8 Å². The molecule has 2 rings (SSSR count). The van der Waals surface area contributed by atoms with E-state index in [0.29, 0.717) is 30.4 Å². The number of aliphatic imine (C=N–C) groups is 1. The summed E-state index contributed by atoms with van der Waals surface area (Å²) in [5.41, 5.74) is 0.266. The number of guanidine groups is 1. The van der Waals surface area contributed by atoms with Crippen molar-refractivity contribution in [1.29, 1.82) is 0 Å². The highest BCUT2D eigenvalue weighted by Crippen LogP contribution is 2.32. The highest BCUT2D eigenvalue weighted by Gasteiger charge is 2.15. The van der Waals surface area contributed by atoms with Gasteiger partial charge in [0, 0.05) is 30.3 Å². The molecule has 0 fully saturated rings. The second-order valence-corrected chi connectivity index (χ2v) is 9.33. The molecule has 0 saturated carbocycles. The number of anilines is 1. The first-order valence-corrected chi connectivity index (χ1v) is 11.0. The molecule has 1 heterocycles. The molecule has 1 aliphatic heterocycles. The van der Waals surface area contributed by atoms with Crippen molar-refractivity contribution < 1.29 is 22.7 Å². The maximum Gasteiger partial charge on any atom is 0.242 e. The molecule has 162 valence electrons. The number of fused-ring (bicyclic) bond motifs is 1. The summed E-state index contributed by atoms with van der Waals surface area (Å²) in [6, 6.07) is 5.31. The number of ether oxygens (including phenoxy) is 2. The first-order chi connectivity index (χ1) is 13.5. The predicted molar refractivity (Wildman–Crippen MR) is 112 cm³/mol. The van der Waals surface area contributed by atoms with Gasteiger partial charge in [-0.15, -0.1) is 0 Å². The van der Waals surface area contributed by atoms with Crippen LogP contribution in [0, 0.1) is 0 Å². The minimum absolute atomic E-state index is 0.0378. The number of primary sulfonamides is 1. The number of carbonyl (C=O) groups is 1. The molecule has 11 heteroatoms. The van der Waals surface area contributed by atoms with Gasteiger partial charge in [-0.3, -0.25) is 4.79 Å². The third-order valence-electron chi connectivity index (χ3n) is 3.58. The molecule has 1 aromatic carbocycles. The van der Waals surface area contributed by atoms with E-state index in [2.05, 4.69) is 20.9 Å². The average molecular weight is 428 g/mol. The van der Waals surface area contributed by atoms with Crippen molar-refractivity contribution in [2.45, 2.75) is 32.7 Å². The third-order valence-corrected chi connectivity index (χ3v) is 4.36. The van der Waals surface area contributed by atoms with E-state index in [1.54, 1.807) is 18.2 Å². The van der Waals surface area contributed by atoms with Gasteiger partial charge in [0.05, 0.1) is 19.0 Å². The largest absolute Gasteiger partial charge is 0.490 e. The van der Waals surface area contributed by atoms with Crippen LogP contribution < -0.4 is 30.6 Å². The Morgan fingerprint density at radius 2 is 1.90 bits per heavy atom. The summed E-state index contributed by atoms with van der Waals surface area (Å²) in [5, 5.41) is 13.8. The van der Waals surface area contributed by atoms with Crippen molar-refractivity contribution in [3.63, 3.8) is 0 Å². The van der Waals surface area contributed by atoms with Crippen LogP contribution in [0.2, 0.25) is 0 Å². The maximum absolute atomic E-state index is 12.1. The SMILES string of the molecule is CC(C)(C)NC(=O)CN=C(NCCS(N)(=O)=O)Nc1ccc2c(c1)OCCCO2. The fraction of sp³-hybridized carbons (Fsp3) is 0.556. The van der Waals surface area contributed by atoms with Gasteiger partial charge in [0.25, 0.3) is 0 Å². The molecular weight excluding hydrogens is 398 g/mol. The number of hydrogen-bond acceptors (Lipinski definition) is 6. The van der Waals surface area contributed by atoms with Gasteiger partial charge in [0.2, 0.25) is 15.9 Å². The second-order valence-electron chi connectivity index (χ2n) is 7.59. The van der Waals surface area contributed by atoms with E-state index in [1.807, 2.05) is 20.8 Å². The van der Waals surface area contributed by atoms with E-state index in [4.69, 9.17) is 14.6 Å². The van der Waals surface area contributed by atoms with Crippen LogP contribution in [0.25, 0.3) is 0 Å². The quantitative estimate of drug-likeness (QED) is 0.380. The topological polar surface area (TPSA) is 144 Å². The molecule has 29 heavy (non-hydrogen) atoms. The summed E-state index contributed by atoms with van der Waals surface area (Å²) in [4.78, 5) is 16.3. The van der Waals surface area contributed by atoms with E-state index in [-0.39, 0.29) is 36.2 Å². The van der Waals surface area contributed by atoms with Gasteiger partial charge in [0.15, 0.2) is 17.5 Å². The Morgan fingerprint density at radius 1 is 1.21 bits per heavy atom. The molecule has 0 aromatic heterocycles. The summed E-state index contributed by atoms with van der Waals surface area (Å²) in [6.07, 6.45) is 0.794. The van der Waals surface area contributed by atoms with E-state index < -0.39 is 10.0 Å². The smallest absolute Gasteiger partial charge is 0.242 e. The molecule has 1 aliphatic rings. The van der Waals surface area contributed by atoms with Crippen LogP contribution in [0.4, 0.5) is 5.69 Å². The number of nitrogens with zero attached hydrogens (tertiary/aromatic N) is 1. The van der Waals surface area contributed by atoms with Gasteiger partial charge in [0.1, 0.15) is 6.54 Å². The predicted octanol–water partition coefficient (Wildman–Crippen LogP) is 0.409. The molecule has 1 amide bonds. The molecule has 0 bridgehead atoms. The summed E-state index contributed by atoms with van der Waals surface area (Å²) >= 11 is 0. The Labute approximate surface area is 171 Å². The average Bonchev–Trinajstić information content (AvgIpc) is 2.82. The lowest BCUT2D eigenvalue weighted by Crippen LogP contribution is -2.42. The number of benzene rings is 1. The summed E-state index contributed by atoms with van der Waals surface area (Å²) in [7, 11) is -3.63. The molecule has 0 aliphatic carbocycles. The Kier molecular flexibility index (Phi) is 7.68. The molecular formula is C18H29N5O5S. The number of nitrogens with two attached hydrogens (primary N) is 1. The number of sulfonamides is 1. The lowest BCUT2D eigenvalue weighted by Gasteiger charge is -2.20. The number of carbonyl (C=O) groups excluding carboxylic acids is 1. The van der Waals surface area contributed by atoms with Crippen LogP contribution in [0.1, 0.15) is 27.2 Å². The minimum atomic E-state index is -3.63. The van der Waals surface area contributed by atoms with Crippen LogP contribution >= 0.6 is 0 Å². The van der Waals surface area contributed by atoms with Crippen molar-refractivity contribution in [3.8, 4) is 11.5 Å². The molecule has 5 N–H and O–H groups in total. The van der Waals surface area contributed by atoms with E-state index in [9.17, 15) is 13.2 Å². The third kappa shape index (κ3) is 9.01. The molecule has 0 atom stereocenters. The van der Waals surface area contributed by atoms with Crippen molar-refractivity contribution in [3.05, 3.63) is 18.2 Å². The standard InChI is InChI=1S/C18H29N5O5S/c1-18(2,3)23-16(24)12-21-17(20-7-10-29(19,25)26)22-13-5-6-14-15(11-13)28-9-4-8-27-14/h5-6,11H,4,7-10,12H2,1-3H3,(H,23,24)(H2,19,25,26)(H2,20,21,22). The molecule has 1 aromatic rings. The highest BCUT2D eigenvalue weighted by molar-refractivity contribution is 7.89. The first-order valence-electron chi connectivity index (χ1n) is 9.28. The van der Waals surface area contributed by atoms with Crippen LogP contribution in [-0.4, -0.2) is 57.9 Å². The zero-order valence-corrected chi connectivity index (χ0v) is 17.8. The summed E-state index contributed by atoms with van der Waals surface area (Å²) in [5.74, 6) is 0.958. The van der Waals surface area contributed by atoms with Crippen molar-refractivity contribution in [2.24, 2.45) is 10.1 Å². The van der Waals surface area contributed by atoms with Gasteiger partial charge in [-0.2, -0.15) is 0 Å². The highest BCUT2D eigenvalue weighted by atomic mass is 32.2. The lowest BCUT2D eigenvalue weighted by molar-refractivity contribution is -0.121. The van der Waals surface area contributed by atoms with Crippen LogP contribution in [0.15, 0.2) is 23.2 Å². The molecule has 0 unspecified atom stereocenters. The number of rotatable bonds is 6. The Hall–Kier alpha value is -2.53. The Bertz CT molecular complexity index is 849. The van der Waals surface area contributed by atoms with Gasteiger partial charge in [-0.25, -0.2) is 18.5 Å². The van der Waals surface area contributed by atoms with Gasteiger partial charge in [-0.1, -0.05) is 0 Å². The first kappa shape index (κ1) is 22.8. The summed E-state index contributed by atoms with van der Waals surface area (Å²) in [6.45, 7) is 6.66. The van der Waals surface area contributed by atoms with Crippen molar-refractivity contribution in [1.82, 2.24) is 10.6 Å². The second kappa shape index (κ2) is 9.79. The number of amides is 1. The lowest BCUT2D eigenvalue weighted by atomic mass is 10.1. The van der Waals surface area contributed by atoms with Crippen LogP contribution in [0.3, 0.4) is 0 Å². The number of hydrogen-bond donors (Lipinski definition) is 4. The van der Waals surface area contributed by atoms with Crippen LogP contribution in [0.5, 0.6) is 11.5 Å². The minimum Gasteiger partial charge on any atom is -0.490 e. The molecule has 0 spiro atoms. The van der Waals surface area contributed by atoms with Gasteiger partial charge in [-0.05, 0) is 32.9 Å². The van der Waals surface area contributed by atoms with E-state index in [1.165, 1.54) is 0 Å². The Balaban J connectivity index is 2.10. The Morgan fingerprint density at radius 3 is 2.55 bits per heavy atom. The molecule has 0 radical (unpaired) electrons. The van der Waals surface area contributed by atoms with Crippen molar-refractivity contribution >= 4 is 27.6 Å². The monoisotopic (exact) mass is 427 g/mol. The maximum atomic E-state index is 12.1. The fourth-order valence-corrected chi connectivity index (χ4v) is 2.82. The normalized spacial score (nSPS) is 14.7. The van der Waals surface area contributed by atoms with E-state index in [0.717, 1.165) is 6.42 Å². The number of nitrogens with one attached hydrogen (secondary N) is 3. The molecule has 0 saturated heterocycles. The fourth-order valence-electron chi connectivity index (χ4n) is 2.44.